The number of aromatic nitrogens is 2. The van der Waals surface area contributed by atoms with E-state index in [0.29, 0.717) is 51.0 Å². The predicted octanol–water partition coefficient (Wildman–Crippen LogP) is 5.77. The highest BCUT2D eigenvalue weighted by Crippen LogP contribution is 2.36. The molecule has 2 aromatic heterocycles. The van der Waals surface area contributed by atoms with Crippen LogP contribution in [0.25, 0.3) is 17.0 Å². The number of fused-ring (bicyclic) bond motifs is 2. The van der Waals surface area contributed by atoms with Gasteiger partial charge in [-0.1, -0.05) is 71.5 Å². The number of carbonyl (C=O) groups is 1. The summed E-state index contributed by atoms with van der Waals surface area (Å²) in [5.41, 5.74) is 4.69. The molecule has 3 aromatic carbocycles. The Morgan fingerprint density at radius 2 is 1.82 bits per heavy atom. The molecule has 1 atom stereocenters. The van der Waals surface area contributed by atoms with Crippen LogP contribution in [0, 0.1) is 0 Å². The molecule has 0 spiro atoms. The van der Waals surface area contributed by atoms with Gasteiger partial charge >= 0.3 is 0 Å². The highest BCUT2D eigenvalue weighted by molar-refractivity contribution is 7.07. The summed E-state index contributed by atoms with van der Waals surface area (Å²) < 4.78 is 10.1. The number of benzene rings is 3. The lowest BCUT2D eigenvalue weighted by Gasteiger charge is -2.29. The number of halogens is 1. The quantitative estimate of drug-likeness (QED) is 0.220. The zero-order chi connectivity index (χ0) is 31.0. The zero-order valence-corrected chi connectivity index (χ0v) is 26.7. The fraction of sp³-hybridized carbons (Fsp3) is 0.229. The Balaban J connectivity index is 1.54. The van der Waals surface area contributed by atoms with E-state index in [2.05, 4.69) is 29.0 Å². The average Bonchev–Trinajstić information content (AvgIpc) is 3.53. The van der Waals surface area contributed by atoms with Crippen LogP contribution in [0.4, 0.5) is 0 Å². The summed E-state index contributed by atoms with van der Waals surface area (Å²) in [7, 11) is 1.60. The minimum atomic E-state index is -0.679. The monoisotopic (exact) mass is 624 g/mol. The summed E-state index contributed by atoms with van der Waals surface area (Å²) in [6, 6.07) is 22.9. The molecule has 6 rings (SSSR count). The lowest BCUT2D eigenvalue weighted by atomic mass is 9.94. The molecule has 1 aliphatic rings. The minimum Gasteiger partial charge on any atom is -0.496 e. The van der Waals surface area contributed by atoms with Gasteiger partial charge in [0.05, 0.1) is 22.9 Å². The second kappa shape index (κ2) is 12.3. The Morgan fingerprint density at radius 1 is 1.07 bits per heavy atom. The van der Waals surface area contributed by atoms with Crippen molar-refractivity contribution in [3.05, 3.63) is 132 Å². The van der Waals surface area contributed by atoms with E-state index in [0.717, 1.165) is 27.6 Å². The number of carbonyl (C=O) groups excluding carboxylic acids is 1. The van der Waals surface area contributed by atoms with Gasteiger partial charge in [0.15, 0.2) is 4.80 Å². The number of para-hydroxylation sites is 2. The third-order valence-corrected chi connectivity index (χ3v) is 9.30. The maximum atomic E-state index is 14.3. The van der Waals surface area contributed by atoms with Gasteiger partial charge in [-0.25, -0.2) is 4.99 Å². The van der Waals surface area contributed by atoms with Crippen LogP contribution in [0.15, 0.2) is 100 Å². The first kappa shape index (κ1) is 29.7. The summed E-state index contributed by atoms with van der Waals surface area (Å²) in [4.78, 5) is 35.4. The fourth-order valence-corrected chi connectivity index (χ4v) is 7.21. The molecule has 224 valence electrons. The molecule has 0 saturated heterocycles. The fourth-order valence-electron chi connectivity index (χ4n) is 5.96. The van der Waals surface area contributed by atoms with Gasteiger partial charge in [-0.05, 0) is 56.7 Å². The lowest BCUT2D eigenvalue weighted by molar-refractivity contribution is -0.127. The van der Waals surface area contributed by atoms with E-state index in [9.17, 15) is 9.59 Å². The molecule has 0 saturated carbocycles. The van der Waals surface area contributed by atoms with E-state index in [1.807, 2.05) is 81.4 Å². The minimum absolute atomic E-state index is 0.134. The Bertz CT molecular complexity index is 2100. The third kappa shape index (κ3) is 5.29. The number of hydrogen-bond donors (Lipinski definition) is 0. The Kier molecular flexibility index (Phi) is 8.29. The zero-order valence-electron chi connectivity index (χ0n) is 25.1. The van der Waals surface area contributed by atoms with Crippen molar-refractivity contribution in [1.29, 1.82) is 0 Å². The molecule has 44 heavy (non-hydrogen) atoms. The summed E-state index contributed by atoms with van der Waals surface area (Å²) in [5, 5.41) is 1.73. The Morgan fingerprint density at radius 3 is 2.57 bits per heavy atom. The van der Waals surface area contributed by atoms with Crippen LogP contribution in [-0.4, -0.2) is 40.1 Å². The van der Waals surface area contributed by atoms with Crippen molar-refractivity contribution in [3.8, 4) is 5.75 Å². The normalized spacial score (nSPS) is 14.9. The average molecular weight is 625 g/mol. The van der Waals surface area contributed by atoms with Gasteiger partial charge in [0, 0.05) is 52.9 Å². The summed E-state index contributed by atoms with van der Waals surface area (Å²) in [5.74, 6) is 0.473. The number of likely N-dealkylation sites (N-methyl/N-ethyl adjacent to an activating group) is 1. The Labute approximate surface area is 264 Å². The van der Waals surface area contributed by atoms with Crippen LogP contribution in [0.2, 0.25) is 5.02 Å². The first-order valence-corrected chi connectivity index (χ1v) is 15.8. The van der Waals surface area contributed by atoms with Crippen LogP contribution in [0.1, 0.15) is 43.5 Å². The van der Waals surface area contributed by atoms with E-state index >= 15 is 0 Å². The maximum absolute atomic E-state index is 14.3. The molecule has 3 heterocycles. The number of thiazole rings is 1. The molecule has 0 aliphatic carbocycles. The van der Waals surface area contributed by atoms with Crippen molar-refractivity contribution in [1.82, 2.24) is 14.0 Å². The number of amides is 1. The van der Waals surface area contributed by atoms with Crippen LogP contribution >= 0.6 is 22.9 Å². The smallest absolute Gasteiger partial charge is 0.271 e. The Hall–Kier alpha value is -4.40. The van der Waals surface area contributed by atoms with Crippen LogP contribution < -0.4 is 19.6 Å². The SMILES string of the molecule is CCN(CC)C(=O)C1=C(C)N=c2s/c(=C/c3cn(Cc4cccc(Cl)c4)c4ccccc34)c(=O)n2[C@@H]1c1ccccc1OC. The molecule has 1 aliphatic heterocycles. The van der Waals surface area contributed by atoms with Gasteiger partial charge < -0.3 is 14.2 Å². The second-order valence-corrected chi connectivity index (χ2v) is 12.1. The molecule has 0 unspecified atom stereocenters. The highest BCUT2D eigenvalue weighted by Gasteiger charge is 2.35. The molecule has 0 N–H and O–H groups in total. The number of allylic oxidation sites excluding steroid dienone is 1. The van der Waals surface area contributed by atoms with Crippen molar-refractivity contribution in [2.75, 3.05) is 20.2 Å². The van der Waals surface area contributed by atoms with E-state index in [1.54, 1.807) is 16.6 Å². The van der Waals surface area contributed by atoms with Crippen molar-refractivity contribution in [2.24, 2.45) is 4.99 Å². The van der Waals surface area contributed by atoms with Crippen LogP contribution in [0.3, 0.4) is 0 Å². The first-order valence-electron chi connectivity index (χ1n) is 14.6. The summed E-state index contributed by atoms with van der Waals surface area (Å²) in [6.07, 6.45) is 4.01. The van der Waals surface area contributed by atoms with Crippen molar-refractivity contribution >= 4 is 45.8 Å². The van der Waals surface area contributed by atoms with Gasteiger partial charge in [-0.2, -0.15) is 0 Å². The largest absolute Gasteiger partial charge is 0.496 e. The van der Waals surface area contributed by atoms with Crippen LogP contribution in [-0.2, 0) is 11.3 Å². The van der Waals surface area contributed by atoms with E-state index < -0.39 is 6.04 Å². The maximum Gasteiger partial charge on any atom is 0.271 e. The molecule has 7 nitrogen and oxygen atoms in total. The molecule has 0 bridgehead atoms. The molecule has 1 amide bonds. The molecule has 0 radical (unpaired) electrons. The second-order valence-electron chi connectivity index (χ2n) is 10.7. The molecule has 0 fully saturated rings. The van der Waals surface area contributed by atoms with E-state index in [-0.39, 0.29) is 11.5 Å². The molecule has 9 heteroatoms. The topological polar surface area (TPSA) is 68.8 Å². The van der Waals surface area contributed by atoms with Crippen molar-refractivity contribution in [3.63, 3.8) is 0 Å². The van der Waals surface area contributed by atoms with Crippen molar-refractivity contribution in [2.45, 2.75) is 33.4 Å². The number of hydrogen-bond acceptors (Lipinski definition) is 5. The van der Waals surface area contributed by atoms with Crippen LogP contribution in [0.5, 0.6) is 5.75 Å². The van der Waals surface area contributed by atoms with Gasteiger partial charge in [-0.15, -0.1) is 0 Å². The van der Waals surface area contributed by atoms with Gasteiger partial charge in [0.25, 0.3) is 11.5 Å². The summed E-state index contributed by atoms with van der Waals surface area (Å²) in [6.45, 7) is 7.49. The number of nitrogens with zero attached hydrogens (tertiary/aromatic N) is 4. The third-order valence-electron chi connectivity index (χ3n) is 8.08. The number of rotatable bonds is 8. The van der Waals surface area contributed by atoms with Gasteiger partial charge in [-0.3, -0.25) is 14.2 Å². The van der Waals surface area contributed by atoms with E-state index in [1.165, 1.54) is 11.3 Å². The first-order chi connectivity index (χ1) is 21.3. The summed E-state index contributed by atoms with van der Waals surface area (Å²) >= 11 is 7.59. The molecule has 5 aromatic rings. The molecular formula is C35H33ClN4O3S. The lowest BCUT2D eigenvalue weighted by Crippen LogP contribution is -2.43. The standard InChI is InChI=1S/C35H33ClN4O3S/c1-5-38(6-2)34(42)31-22(3)37-35-40(32(31)27-15-8-10-17-29(27)43-4)33(41)30(44-35)19-24-21-39(28-16-9-7-14-26(24)28)20-23-12-11-13-25(36)18-23/h7-19,21,32H,5-6,20H2,1-4H3/b30-19+/t32-/m1/s1. The predicted molar refractivity (Wildman–Crippen MR) is 177 cm³/mol. The number of ether oxygens (including phenoxy) is 1. The molecular weight excluding hydrogens is 592 g/mol. The number of methoxy groups -OCH3 is 1. The van der Waals surface area contributed by atoms with Gasteiger partial charge in [0.1, 0.15) is 11.8 Å². The van der Waals surface area contributed by atoms with Gasteiger partial charge in [0.2, 0.25) is 0 Å². The highest BCUT2D eigenvalue weighted by atomic mass is 35.5. The van der Waals surface area contributed by atoms with Crippen molar-refractivity contribution < 1.29 is 9.53 Å². The van der Waals surface area contributed by atoms with E-state index in [4.69, 9.17) is 21.3 Å².